The first-order valence-electron chi connectivity index (χ1n) is 2.01. The maximum atomic E-state index is 9.99. The summed E-state index contributed by atoms with van der Waals surface area (Å²) in [5.41, 5.74) is 7.30. The van der Waals surface area contributed by atoms with Gasteiger partial charge in [0, 0.05) is 6.20 Å². The second-order valence-electron chi connectivity index (χ2n) is 1.26. The molecule has 1 rings (SSSR count). The first-order chi connectivity index (χ1) is 3.80. The Hall–Kier alpha value is -1.23. The fourth-order valence-electron chi connectivity index (χ4n) is 0.363. The Morgan fingerprint density at radius 3 is 2.75 bits per heavy atom. The maximum Gasteiger partial charge on any atom is 0.354 e. The van der Waals surface area contributed by atoms with E-state index in [1.165, 1.54) is 6.20 Å². The van der Waals surface area contributed by atoms with Crippen molar-refractivity contribution < 1.29 is 9.90 Å². The lowest BCUT2D eigenvalue weighted by atomic mass is 10.5. The maximum absolute atomic E-state index is 9.99. The molecule has 0 aromatic heterocycles. The van der Waals surface area contributed by atoms with E-state index in [-0.39, 0.29) is 5.70 Å². The van der Waals surface area contributed by atoms with Crippen molar-refractivity contribution >= 4 is 5.97 Å². The van der Waals surface area contributed by atoms with Crippen LogP contribution in [0.15, 0.2) is 11.9 Å². The summed E-state index contributed by atoms with van der Waals surface area (Å²) in [5, 5.41) is 8.20. The molecule has 0 amide bonds. The van der Waals surface area contributed by atoms with Crippen LogP contribution in [-0.4, -0.2) is 11.1 Å². The smallest absolute Gasteiger partial charge is 0.354 e. The van der Waals surface area contributed by atoms with Crippen molar-refractivity contribution in [2.75, 3.05) is 0 Å². The highest BCUT2D eigenvalue weighted by atomic mass is 16.4. The van der Waals surface area contributed by atoms with Crippen LogP contribution in [0.3, 0.4) is 0 Å². The number of carbonyl (C=O) groups is 1. The normalized spacial score (nSPS) is 16.2. The molecule has 5 nitrogen and oxygen atoms in total. The standard InChI is InChI=1S/C3H5N3O2/c7-3(8)2-1-4-6-5-2/h1,4-6H,(H,7,8). The average molecular weight is 115 g/mol. The lowest BCUT2D eigenvalue weighted by molar-refractivity contribution is -0.133. The highest BCUT2D eigenvalue weighted by molar-refractivity contribution is 5.85. The Labute approximate surface area is 45.3 Å². The van der Waals surface area contributed by atoms with Crippen LogP contribution < -0.4 is 16.4 Å². The number of hydrogen-bond acceptors (Lipinski definition) is 4. The van der Waals surface area contributed by atoms with E-state index in [1.807, 2.05) is 0 Å². The minimum absolute atomic E-state index is 0.116. The number of nitrogens with one attached hydrogen (secondary N) is 3. The zero-order valence-corrected chi connectivity index (χ0v) is 3.93. The van der Waals surface area contributed by atoms with Crippen LogP contribution in [0, 0.1) is 0 Å². The minimum Gasteiger partial charge on any atom is -0.476 e. The van der Waals surface area contributed by atoms with Gasteiger partial charge >= 0.3 is 5.97 Å². The number of carboxylic acid groups (broad SMARTS) is 1. The van der Waals surface area contributed by atoms with Gasteiger partial charge in [-0.1, -0.05) is 0 Å². The van der Waals surface area contributed by atoms with Gasteiger partial charge in [-0.25, -0.2) is 4.79 Å². The summed E-state index contributed by atoms with van der Waals surface area (Å²) in [6.07, 6.45) is 1.32. The van der Waals surface area contributed by atoms with Crippen molar-refractivity contribution in [3.63, 3.8) is 0 Å². The third-order valence-corrected chi connectivity index (χ3v) is 0.716. The molecule has 0 spiro atoms. The number of carboxylic acids is 1. The molecule has 0 saturated carbocycles. The fraction of sp³-hybridized carbons (Fsp3) is 0. The van der Waals surface area contributed by atoms with E-state index < -0.39 is 5.97 Å². The molecule has 1 heterocycles. The molecule has 0 atom stereocenters. The van der Waals surface area contributed by atoms with Crippen molar-refractivity contribution in [3.8, 4) is 0 Å². The van der Waals surface area contributed by atoms with Gasteiger partial charge in [-0.05, 0) is 0 Å². The summed E-state index contributed by atoms with van der Waals surface area (Å²) in [6.45, 7) is 0. The summed E-state index contributed by atoms with van der Waals surface area (Å²) in [5.74, 6) is -0.984. The van der Waals surface area contributed by atoms with Gasteiger partial charge in [-0.15, -0.1) is 0 Å². The van der Waals surface area contributed by atoms with Crippen molar-refractivity contribution in [1.82, 2.24) is 16.4 Å². The molecule has 0 aromatic carbocycles. The highest BCUT2D eigenvalue weighted by Crippen LogP contribution is 1.86. The van der Waals surface area contributed by atoms with Crippen LogP contribution >= 0.6 is 0 Å². The van der Waals surface area contributed by atoms with E-state index >= 15 is 0 Å². The summed E-state index contributed by atoms with van der Waals surface area (Å²) >= 11 is 0. The topological polar surface area (TPSA) is 73.4 Å². The minimum atomic E-state index is -0.984. The van der Waals surface area contributed by atoms with Gasteiger partial charge < -0.3 is 10.5 Å². The van der Waals surface area contributed by atoms with Gasteiger partial charge in [-0.2, -0.15) is 5.53 Å². The number of rotatable bonds is 1. The first kappa shape index (κ1) is 4.92. The molecule has 0 fully saturated rings. The van der Waals surface area contributed by atoms with Crippen molar-refractivity contribution in [2.24, 2.45) is 0 Å². The Bertz CT molecular complexity index is 141. The number of aliphatic carboxylic acids is 1. The molecule has 0 unspecified atom stereocenters. The predicted octanol–water partition coefficient (Wildman–Crippen LogP) is -1.48. The molecule has 5 heteroatoms. The Balaban J connectivity index is 2.57. The largest absolute Gasteiger partial charge is 0.476 e. The molecule has 0 saturated heterocycles. The van der Waals surface area contributed by atoms with E-state index in [4.69, 9.17) is 5.11 Å². The fourth-order valence-corrected chi connectivity index (χ4v) is 0.363. The second-order valence-corrected chi connectivity index (χ2v) is 1.26. The quantitative estimate of drug-likeness (QED) is 0.335. The van der Waals surface area contributed by atoms with Crippen molar-refractivity contribution in [1.29, 1.82) is 0 Å². The Kier molecular flexibility index (Phi) is 1.05. The summed E-state index contributed by atoms with van der Waals surface area (Å²) in [7, 11) is 0. The lowest BCUT2D eigenvalue weighted by Crippen LogP contribution is -2.33. The van der Waals surface area contributed by atoms with Crippen LogP contribution in [-0.2, 0) is 4.79 Å². The summed E-state index contributed by atoms with van der Waals surface area (Å²) < 4.78 is 0. The molecule has 8 heavy (non-hydrogen) atoms. The van der Waals surface area contributed by atoms with Gasteiger partial charge in [0.2, 0.25) is 0 Å². The molecule has 0 radical (unpaired) electrons. The second kappa shape index (κ2) is 1.71. The zero-order valence-electron chi connectivity index (χ0n) is 3.93. The lowest BCUT2D eigenvalue weighted by Gasteiger charge is -1.93. The van der Waals surface area contributed by atoms with Crippen LogP contribution in [0.5, 0.6) is 0 Å². The van der Waals surface area contributed by atoms with Crippen LogP contribution in [0.25, 0.3) is 0 Å². The van der Waals surface area contributed by atoms with E-state index in [2.05, 4.69) is 16.4 Å². The average Bonchev–Trinajstić information content (AvgIpc) is 2.12. The van der Waals surface area contributed by atoms with Gasteiger partial charge in [0.25, 0.3) is 0 Å². The predicted molar refractivity (Wildman–Crippen MR) is 25.1 cm³/mol. The molecule has 44 valence electrons. The molecule has 0 aliphatic carbocycles. The van der Waals surface area contributed by atoms with E-state index in [9.17, 15) is 4.79 Å². The Morgan fingerprint density at radius 1 is 1.75 bits per heavy atom. The van der Waals surface area contributed by atoms with Gasteiger partial charge in [0.1, 0.15) is 0 Å². The van der Waals surface area contributed by atoms with Crippen LogP contribution in [0.2, 0.25) is 0 Å². The highest BCUT2D eigenvalue weighted by Gasteiger charge is 2.08. The SMILES string of the molecule is O=C(O)C1=CNNN1. The number of hydrogen-bond donors (Lipinski definition) is 4. The van der Waals surface area contributed by atoms with E-state index in [0.717, 1.165) is 0 Å². The molecule has 1 aliphatic heterocycles. The van der Waals surface area contributed by atoms with E-state index in [0.29, 0.717) is 0 Å². The zero-order chi connectivity index (χ0) is 5.98. The molecule has 4 N–H and O–H groups in total. The molecule has 0 aromatic rings. The first-order valence-corrected chi connectivity index (χ1v) is 2.01. The third-order valence-electron chi connectivity index (χ3n) is 0.716. The molecular formula is C3H5N3O2. The monoisotopic (exact) mass is 115 g/mol. The molecule has 0 bridgehead atoms. The van der Waals surface area contributed by atoms with Gasteiger partial charge in [-0.3, -0.25) is 5.43 Å². The third kappa shape index (κ3) is 0.710. The van der Waals surface area contributed by atoms with Gasteiger partial charge in [0.15, 0.2) is 5.70 Å². The van der Waals surface area contributed by atoms with Crippen molar-refractivity contribution in [3.05, 3.63) is 11.9 Å². The Morgan fingerprint density at radius 2 is 2.50 bits per heavy atom. The van der Waals surface area contributed by atoms with Crippen LogP contribution in [0.1, 0.15) is 0 Å². The van der Waals surface area contributed by atoms with Crippen LogP contribution in [0.4, 0.5) is 0 Å². The van der Waals surface area contributed by atoms with Gasteiger partial charge in [0.05, 0.1) is 0 Å². The molecule has 1 aliphatic rings. The molecular weight excluding hydrogens is 110 g/mol. The van der Waals surface area contributed by atoms with E-state index in [1.54, 1.807) is 0 Å². The number of hydrazine groups is 2. The van der Waals surface area contributed by atoms with Crippen molar-refractivity contribution in [2.45, 2.75) is 0 Å². The summed E-state index contributed by atoms with van der Waals surface area (Å²) in [4.78, 5) is 9.99. The summed E-state index contributed by atoms with van der Waals surface area (Å²) in [6, 6.07) is 0.